The van der Waals surface area contributed by atoms with Crippen molar-refractivity contribution in [1.29, 1.82) is 0 Å². The molecule has 0 saturated carbocycles. The monoisotopic (exact) mass is 282 g/mol. The zero-order chi connectivity index (χ0) is 15.1. The van der Waals surface area contributed by atoms with E-state index < -0.39 is 6.10 Å². The number of aryl methyl sites for hydroxylation is 1. The second-order valence-corrected chi connectivity index (χ2v) is 4.69. The number of carbonyl (C=O) groups excluding carboxylic acids is 1. The molecule has 1 N–H and O–H groups in total. The molecule has 1 unspecified atom stereocenters. The molecule has 4 nitrogen and oxygen atoms in total. The number of para-hydroxylation sites is 1. The van der Waals surface area contributed by atoms with Crippen LogP contribution in [0.5, 0.6) is 0 Å². The molecule has 0 saturated heterocycles. The Bertz CT molecular complexity index is 624. The number of nitrogens with zero attached hydrogens (tertiary/aromatic N) is 1. The smallest absolute Gasteiger partial charge is 0.267 e. The molecule has 2 aromatic carbocycles. The Balaban J connectivity index is 1.88. The van der Waals surface area contributed by atoms with Crippen molar-refractivity contribution in [2.75, 3.05) is 5.32 Å². The standard InChI is InChI=1S/C17H18N2O2/c1-13-8-6-7-9-15(13)12-18-21-14(2)17(20)19-16-10-4-3-5-11-16/h3-12,14H,1-2H3,(H,19,20)/b18-12+. The number of hydrogen-bond donors (Lipinski definition) is 1. The Hall–Kier alpha value is -2.62. The molecular formula is C17H18N2O2. The van der Waals surface area contributed by atoms with E-state index in [2.05, 4.69) is 10.5 Å². The van der Waals surface area contributed by atoms with Crippen LogP contribution in [-0.2, 0) is 9.63 Å². The fourth-order valence-electron chi connectivity index (χ4n) is 1.72. The Morgan fingerprint density at radius 1 is 1.14 bits per heavy atom. The normalized spacial score (nSPS) is 12.1. The van der Waals surface area contributed by atoms with Crippen LogP contribution in [0.15, 0.2) is 59.8 Å². The van der Waals surface area contributed by atoms with Gasteiger partial charge in [-0.15, -0.1) is 0 Å². The van der Waals surface area contributed by atoms with Crippen LogP contribution in [0.4, 0.5) is 5.69 Å². The van der Waals surface area contributed by atoms with Crippen LogP contribution in [0.1, 0.15) is 18.1 Å². The molecule has 2 aromatic rings. The zero-order valence-electron chi connectivity index (χ0n) is 12.1. The third kappa shape index (κ3) is 4.45. The van der Waals surface area contributed by atoms with Crippen LogP contribution in [0.25, 0.3) is 0 Å². The van der Waals surface area contributed by atoms with Gasteiger partial charge in [-0.05, 0) is 37.1 Å². The first-order valence-corrected chi connectivity index (χ1v) is 6.77. The average Bonchev–Trinajstić information content (AvgIpc) is 2.50. The van der Waals surface area contributed by atoms with Crippen molar-refractivity contribution in [2.45, 2.75) is 20.0 Å². The van der Waals surface area contributed by atoms with Gasteiger partial charge in [0.1, 0.15) is 0 Å². The highest BCUT2D eigenvalue weighted by molar-refractivity contribution is 5.93. The number of anilines is 1. The van der Waals surface area contributed by atoms with Crippen molar-refractivity contribution in [3.63, 3.8) is 0 Å². The third-order valence-corrected chi connectivity index (χ3v) is 3.01. The Labute approximate surface area is 124 Å². The maximum Gasteiger partial charge on any atom is 0.267 e. The number of amides is 1. The SMILES string of the molecule is Cc1ccccc1/C=N/OC(C)C(=O)Nc1ccccc1. The van der Waals surface area contributed by atoms with Crippen LogP contribution in [0, 0.1) is 6.92 Å². The second-order valence-electron chi connectivity index (χ2n) is 4.69. The van der Waals surface area contributed by atoms with E-state index in [0.717, 1.165) is 16.8 Å². The van der Waals surface area contributed by atoms with E-state index in [1.165, 1.54) is 0 Å². The molecule has 0 bridgehead atoms. The summed E-state index contributed by atoms with van der Waals surface area (Å²) in [4.78, 5) is 17.1. The van der Waals surface area contributed by atoms with Gasteiger partial charge in [0.05, 0.1) is 6.21 Å². The Kier molecular flexibility index (Phi) is 5.10. The number of rotatable bonds is 5. The molecule has 0 aliphatic rings. The first-order valence-electron chi connectivity index (χ1n) is 6.77. The minimum absolute atomic E-state index is 0.233. The third-order valence-electron chi connectivity index (χ3n) is 3.01. The summed E-state index contributed by atoms with van der Waals surface area (Å²) in [7, 11) is 0. The molecular weight excluding hydrogens is 264 g/mol. The van der Waals surface area contributed by atoms with E-state index in [-0.39, 0.29) is 5.91 Å². The summed E-state index contributed by atoms with van der Waals surface area (Å²) in [6.45, 7) is 3.65. The van der Waals surface area contributed by atoms with Crippen LogP contribution in [0.3, 0.4) is 0 Å². The zero-order valence-corrected chi connectivity index (χ0v) is 12.1. The molecule has 0 spiro atoms. The topological polar surface area (TPSA) is 50.7 Å². The van der Waals surface area contributed by atoms with Gasteiger partial charge in [0.15, 0.2) is 0 Å². The lowest BCUT2D eigenvalue weighted by Crippen LogP contribution is -2.26. The van der Waals surface area contributed by atoms with E-state index in [9.17, 15) is 4.79 Å². The molecule has 0 aliphatic carbocycles. The number of carbonyl (C=O) groups is 1. The summed E-state index contributed by atoms with van der Waals surface area (Å²) in [6.07, 6.45) is 0.951. The highest BCUT2D eigenvalue weighted by atomic mass is 16.6. The Morgan fingerprint density at radius 2 is 1.81 bits per heavy atom. The lowest BCUT2D eigenvalue weighted by atomic mass is 10.1. The van der Waals surface area contributed by atoms with Crippen molar-refractivity contribution in [1.82, 2.24) is 0 Å². The highest BCUT2D eigenvalue weighted by Crippen LogP contribution is 2.07. The molecule has 1 amide bonds. The Morgan fingerprint density at radius 3 is 2.52 bits per heavy atom. The number of oxime groups is 1. The number of nitrogens with one attached hydrogen (secondary N) is 1. The summed E-state index contributed by atoms with van der Waals surface area (Å²) in [5, 5.41) is 6.64. The quantitative estimate of drug-likeness (QED) is 0.675. The van der Waals surface area contributed by atoms with Gasteiger partial charge in [0.2, 0.25) is 6.10 Å². The van der Waals surface area contributed by atoms with Crippen LogP contribution in [-0.4, -0.2) is 18.2 Å². The first kappa shape index (κ1) is 14.8. The number of hydrogen-bond acceptors (Lipinski definition) is 3. The largest absolute Gasteiger partial charge is 0.383 e. The molecule has 4 heteroatoms. The van der Waals surface area contributed by atoms with Gasteiger partial charge in [0, 0.05) is 5.69 Å². The minimum Gasteiger partial charge on any atom is -0.383 e. The molecule has 0 heterocycles. The summed E-state index contributed by atoms with van der Waals surface area (Å²) < 4.78 is 0. The molecule has 0 radical (unpaired) electrons. The van der Waals surface area contributed by atoms with E-state index in [0.29, 0.717) is 0 Å². The van der Waals surface area contributed by atoms with Crippen LogP contribution in [0.2, 0.25) is 0 Å². The van der Waals surface area contributed by atoms with E-state index in [1.807, 2.05) is 61.5 Å². The van der Waals surface area contributed by atoms with Crippen molar-refractivity contribution in [2.24, 2.45) is 5.16 Å². The molecule has 1 atom stereocenters. The van der Waals surface area contributed by atoms with Gasteiger partial charge in [0.25, 0.3) is 5.91 Å². The predicted molar refractivity (Wildman–Crippen MR) is 84.4 cm³/mol. The fourth-order valence-corrected chi connectivity index (χ4v) is 1.72. The molecule has 108 valence electrons. The van der Waals surface area contributed by atoms with E-state index in [4.69, 9.17) is 4.84 Å². The minimum atomic E-state index is -0.662. The lowest BCUT2D eigenvalue weighted by Gasteiger charge is -2.10. The highest BCUT2D eigenvalue weighted by Gasteiger charge is 2.13. The van der Waals surface area contributed by atoms with Gasteiger partial charge in [-0.1, -0.05) is 47.6 Å². The molecule has 21 heavy (non-hydrogen) atoms. The van der Waals surface area contributed by atoms with Crippen molar-refractivity contribution >= 4 is 17.8 Å². The van der Waals surface area contributed by atoms with Gasteiger partial charge >= 0.3 is 0 Å². The lowest BCUT2D eigenvalue weighted by molar-refractivity contribution is -0.126. The first-order chi connectivity index (χ1) is 10.2. The molecule has 2 rings (SSSR count). The van der Waals surface area contributed by atoms with Gasteiger partial charge in [-0.25, -0.2) is 0 Å². The summed E-state index contributed by atoms with van der Waals surface area (Å²) in [5.41, 5.74) is 2.81. The van der Waals surface area contributed by atoms with Crippen molar-refractivity contribution in [3.05, 3.63) is 65.7 Å². The van der Waals surface area contributed by atoms with E-state index in [1.54, 1.807) is 13.1 Å². The van der Waals surface area contributed by atoms with E-state index >= 15 is 0 Å². The summed E-state index contributed by atoms with van der Waals surface area (Å²) in [6, 6.07) is 17.1. The number of benzene rings is 2. The van der Waals surface area contributed by atoms with Gasteiger partial charge < -0.3 is 10.2 Å². The van der Waals surface area contributed by atoms with Crippen LogP contribution < -0.4 is 5.32 Å². The van der Waals surface area contributed by atoms with Gasteiger partial charge in [-0.3, -0.25) is 4.79 Å². The molecule has 0 aromatic heterocycles. The van der Waals surface area contributed by atoms with Gasteiger partial charge in [-0.2, -0.15) is 0 Å². The second kappa shape index (κ2) is 7.24. The van der Waals surface area contributed by atoms with Crippen molar-refractivity contribution < 1.29 is 9.63 Å². The molecule has 0 fully saturated rings. The van der Waals surface area contributed by atoms with Crippen LogP contribution >= 0.6 is 0 Å². The summed E-state index contributed by atoms with van der Waals surface area (Å²) >= 11 is 0. The summed E-state index contributed by atoms with van der Waals surface area (Å²) in [5.74, 6) is -0.233. The van der Waals surface area contributed by atoms with Crippen molar-refractivity contribution in [3.8, 4) is 0 Å². The maximum atomic E-state index is 11.9. The maximum absolute atomic E-state index is 11.9. The average molecular weight is 282 g/mol. The fraction of sp³-hybridized carbons (Fsp3) is 0.176. The predicted octanol–water partition coefficient (Wildman–Crippen LogP) is 3.37. The molecule has 0 aliphatic heterocycles.